The van der Waals surface area contributed by atoms with E-state index in [4.69, 9.17) is 9.15 Å². The fourth-order valence-corrected chi connectivity index (χ4v) is 4.69. The number of benzene rings is 2. The van der Waals surface area contributed by atoms with Crippen LogP contribution in [0.25, 0.3) is 11.5 Å². The van der Waals surface area contributed by atoms with Crippen molar-refractivity contribution in [3.8, 4) is 11.5 Å². The maximum atomic E-state index is 13.1. The predicted octanol–water partition coefficient (Wildman–Crippen LogP) is 3.86. The molecule has 4 rings (SSSR count). The van der Waals surface area contributed by atoms with Crippen molar-refractivity contribution in [3.63, 3.8) is 0 Å². The van der Waals surface area contributed by atoms with E-state index in [0.717, 1.165) is 35.8 Å². The van der Waals surface area contributed by atoms with Gasteiger partial charge in [0.05, 0.1) is 16.1 Å². The third kappa shape index (κ3) is 4.79. The molecule has 33 heavy (non-hydrogen) atoms. The Morgan fingerprint density at radius 2 is 1.82 bits per heavy atom. The highest BCUT2D eigenvalue weighted by Crippen LogP contribution is 2.29. The topological polar surface area (TPSA) is 92.9 Å². The van der Waals surface area contributed by atoms with Crippen LogP contribution < -0.4 is 4.90 Å². The molecule has 0 bridgehead atoms. The van der Waals surface area contributed by atoms with Crippen LogP contribution in [0.2, 0.25) is 0 Å². The predicted molar refractivity (Wildman–Crippen MR) is 125 cm³/mol. The molecule has 0 unspecified atom stereocenters. The summed E-state index contributed by atoms with van der Waals surface area (Å²) in [4.78, 5) is 19.7. The molecule has 1 aromatic heterocycles. The Morgan fingerprint density at radius 3 is 2.48 bits per heavy atom. The van der Waals surface area contributed by atoms with E-state index in [2.05, 4.69) is 9.88 Å². The minimum absolute atomic E-state index is 0.0476. The molecule has 1 saturated heterocycles. The van der Waals surface area contributed by atoms with Gasteiger partial charge in [0.15, 0.2) is 0 Å². The maximum Gasteiger partial charge on any atom is 0.340 e. The summed E-state index contributed by atoms with van der Waals surface area (Å²) in [5.74, 6) is 0.415. The second kappa shape index (κ2) is 9.36. The number of hydrogen-bond acceptors (Lipinski definition) is 7. The Morgan fingerprint density at radius 1 is 1.12 bits per heavy atom. The highest BCUT2D eigenvalue weighted by atomic mass is 32.2. The van der Waals surface area contributed by atoms with Crippen LogP contribution in [0, 0.1) is 6.92 Å². The standard InChI is InChI=1S/C24H27N3O5S/c1-17-21(25-23(32-17)18-9-5-4-6-10-18)16-31-24(28)20-15-19(33(29,30)26(2)3)11-12-22(20)27-13-7-8-14-27/h4-6,9-12,15H,7-8,13-14,16H2,1-3H3. The lowest BCUT2D eigenvalue weighted by molar-refractivity contribution is 0.0467. The molecule has 0 saturated carbocycles. The number of ether oxygens (including phenoxy) is 1. The minimum Gasteiger partial charge on any atom is -0.455 e. The van der Waals surface area contributed by atoms with Crippen molar-refractivity contribution in [1.82, 2.24) is 9.29 Å². The zero-order valence-corrected chi connectivity index (χ0v) is 19.8. The summed E-state index contributed by atoms with van der Waals surface area (Å²) in [6, 6.07) is 14.1. The summed E-state index contributed by atoms with van der Waals surface area (Å²) in [6.07, 6.45) is 2.04. The van der Waals surface area contributed by atoms with Gasteiger partial charge in [-0.2, -0.15) is 0 Å². The molecular formula is C24H27N3O5S. The van der Waals surface area contributed by atoms with Gasteiger partial charge in [0.2, 0.25) is 15.9 Å². The normalized spacial score (nSPS) is 14.1. The molecule has 174 valence electrons. The molecule has 1 aliphatic heterocycles. The SMILES string of the molecule is Cc1oc(-c2ccccc2)nc1COC(=O)c1cc(S(=O)(=O)N(C)C)ccc1N1CCCC1. The zero-order chi connectivity index (χ0) is 23.6. The molecular weight excluding hydrogens is 442 g/mol. The number of carbonyl (C=O) groups excluding carboxylic acids is 1. The summed E-state index contributed by atoms with van der Waals surface area (Å²) < 4.78 is 37.7. The van der Waals surface area contributed by atoms with E-state index in [-0.39, 0.29) is 17.1 Å². The Kier molecular flexibility index (Phi) is 6.53. The number of anilines is 1. The van der Waals surface area contributed by atoms with Crippen molar-refractivity contribution in [1.29, 1.82) is 0 Å². The number of esters is 1. The Labute approximate surface area is 193 Å². The van der Waals surface area contributed by atoms with Gasteiger partial charge in [-0.1, -0.05) is 18.2 Å². The van der Waals surface area contributed by atoms with Crippen LogP contribution in [0.5, 0.6) is 0 Å². The van der Waals surface area contributed by atoms with Gasteiger partial charge in [0, 0.05) is 32.7 Å². The van der Waals surface area contributed by atoms with E-state index in [1.807, 2.05) is 30.3 Å². The zero-order valence-electron chi connectivity index (χ0n) is 18.9. The maximum absolute atomic E-state index is 13.1. The third-order valence-corrected chi connectivity index (χ3v) is 7.48. The number of aromatic nitrogens is 1. The van der Waals surface area contributed by atoms with Gasteiger partial charge in [0.1, 0.15) is 18.1 Å². The molecule has 0 spiro atoms. The molecule has 2 heterocycles. The summed E-state index contributed by atoms with van der Waals surface area (Å²) in [5.41, 5.74) is 2.25. The molecule has 8 nitrogen and oxygen atoms in total. The molecule has 9 heteroatoms. The average Bonchev–Trinajstić information content (AvgIpc) is 3.47. The molecule has 0 N–H and O–H groups in total. The van der Waals surface area contributed by atoms with Crippen molar-refractivity contribution >= 4 is 21.7 Å². The van der Waals surface area contributed by atoms with Crippen LogP contribution in [0.15, 0.2) is 57.8 Å². The number of hydrogen-bond donors (Lipinski definition) is 0. The van der Waals surface area contributed by atoms with Crippen LogP contribution in [-0.2, 0) is 21.4 Å². The second-order valence-electron chi connectivity index (χ2n) is 8.12. The first-order valence-corrected chi connectivity index (χ1v) is 12.2. The summed E-state index contributed by atoms with van der Waals surface area (Å²) in [5, 5.41) is 0. The van der Waals surface area contributed by atoms with Crippen LogP contribution in [0.1, 0.15) is 34.7 Å². The lowest BCUT2D eigenvalue weighted by Gasteiger charge is -2.22. The number of oxazole rings is 1. The minimum atomic E-state index is -3.69. The van der Waals surface area contributed by atoms with Crippen LogP contribution in [0.3, 0.4) is 0 Å². The smallest absolute Gasteiger partial charge is 0.340 e. The van der Waals surface area contributed by atoms with Crippen LogP contribution in [-0.4, -0.2) is 50.9 Å². The Hall–Kier alpha value is -3.17. The van der Waals surface area contributed by atoms with E-state index in [1.54, 1.807) is 13.0 Å². The van der Waals surface area contributed by atoms with Gasteiger partial charge < -0.3 is 14.1 Å². The Balaban J connectivity index is 1.60. The molecule has 2 aromatic carbocycles. The number of aryl methyl sites for hydroxylation is 1. The van der Waals surface area contributed by atoms with Gasteiger partial charge in [-0.05, 0) is 50.1 Å². The molecule has 3 aromatic rings. The molecule has 0 amide bonds. The van der Waals surface area contributed by atoms with Crippen LogP contribution >= 0.6 is 0 Å². The first kappa shape index (κ1) is 23.0. The second-order valence-corrected chi connectivity index (χ2v) is 10.3. The van der Waals surface area contributed by atoms with Gasteiger partial charge in [-0.25, -0.2) is 22.5 Å². The number of carbonyl (C=O) groups is 1. The lowest BCUT2D eigenvalue weighted by Crippen LogP contribution is -2.24. The highest BCUT2D eigenvalue weighted by Gasteiger charge is 2.26. The monoisotopic (exact) mass is 469 g/mol. The summed E-state index contributed by atoms with van der Waals surface area (Å²) >= 11 is 0. The average molecular weight is 470 g/mol. The van der Waals surface area contributed by atoms with Gasteiger partial charge in [0.25, 0.3) is 0 Å². The number of rotatable bonds is 7. The van der Waals surface area contributed by atoms with E-state index < -0.39 is 16.0 Å². The fourth-order valence-electron chi connectivity index (χ4n) is 3.76. The number of sulfonamides is 1. The van der Waals surface area contributed by atoms with Crippen LogP contribution in [0.4, 0.5) is 5.69 Å². The third-order valence-electron chi connectivity index (χ3n) is 5.67. The summed E-state index contributed by atoms with van der Waals surface area (Å²) in [6.45, 7) is 3.30. The van der Waals surface area contributed by atoms with E-state index in [0.29, 0.717) is 23.0 Å². The lowest BCUT2D eigenvalue weighted by atomic mass is 10.1. The quantitative estimate of drug-likeness (QED) is 0.485. The van der Waals surface area contributed by atoms with Gasteiger partial charge in [-0.15, -0.1) is 0 Å². The van der Waals surface area contributed by atoms with E-state index >= 15 is 0 Å². The molecule has 0 aliphatic carbocycles. The van der Waals surface area contributed by atoms with Gasteiger partial charge in [-0.3, -0.25) is 0 Å². The largest absolute Gasteiger partial charge is 0.455 e. The molecule has 0 atom stereocenters. The molecule has 0 radical (unpaired) electrons. The highest BCUT2D eigenvalue weighted by molar-refractivity contribution is 7.89. The summed E-state index contributed by atoms with van der Waals surface area (Å²) in [7, 11) is -0.779. The Bertz CT molecular complexity index is 1250. The first-order valence-electron chi connectivity index (χ1n) is 10.8. The van der Waals surface area contributed by atoms with E-state index in [1.165, 1.54) is 26.2 Å². The van der Waals surface area contributed by atoms with Crippen molar-refractivity contribution < 1.29 is 22.4 Å². The molecule has 1 fully saturated rings. The fraction of sp³-hybridized carbons (Fsp3) is 0.333. The number of nitrogens with zero attached hydrogens (tertiary/aromatic N) is 3. The molecule has 1 aliphatic rings. The van der Waals surface area contributed by atoms with E-state index in [9.17, 15) is 13.2 Å². The van der Waals surface area contributed by atoms with Gasteiger partial charge >= 0.3 is 5.97 Å². The van der Waals surface area contributed by atoms with Crippen molar-refractivity contribution in [2.45, 2.75) is 31.3 Å². The van der Waals surface area contributed by atoms with Crippen molar-refractivity contribution in [2.75, 3.05) is 32.1 Å². The van der Waals surface area contributed by atoms with Crippen molar-refractivity contribution in [3.05, 3.63) is 65.5 Å². The van der Waals surface area contributed by atoms with Crippen molar-refractivity contribution in [2.24, 2.45) is 0 Å². The first-order chi connectivity index (χ1) is 15.8.